The van der Waals surface area contributed by atoms with Gasteiger partial charge in [-0.2, -0.15) is 0 Å². The summed E-state index contributed by atoms with van der Waals surface area (Å²) in [5, 5.41) is 11.6. The van der Waals surface area contributed by atoms with E-state index in [9.17, 15) is 23.5 Å². The average molecular weight is 333 g/mol. The molecule has 1 atom stereocenters. The normalized spacial score (nSPS) is 11.8. The fourth-order valence-corrected chi connectivity index (χ4v) is 2.27. The molecule has 1 amide bonds. The fraction of sp³-hybridized carbons (Fsp3) is 0.222. The van der Waals surface area contributed by atoms with Crippen molar-refractivity contribution in [3.8, 4) is 0 Å². The van der Waals surface area contributed by atoms with Gasteiger partial charge in [0.25, 0.3) is 0 Å². The van der Waals surface area contributed by atoms with Gasteiger partial charge in [-0.1, -0.05) is 35.9 Å². The van der Waals surface area contributed by atoms with E-state index in [1.54, 1.807) is 12.1 Å². The van der Waals surface area contributed by atoms with Gasteiger partial charge in [0.1, 0.15) is 17.7 Å². The number of carboxylic acids is 1. The average Bonchev–Trinajstić information content (AvgIpc) is 2.52. The smallest absolute Gasteiger partial charge is 0.326 e. The SMILES string of the molecule is Cc1ccc(C[C@H](NC(=O)Cc2c(F)cccc2F)C(=O)O)cc1. The van der Waals surface area contributed by atoms with Crippen LogP contribution in [-0.2, 0) is 22.4 Å². The Balaban J connectivity index is 2.06. The number of hydrogen-bond acceptors (Lipinski definition) is 2. The number of carbonyl (C=O) groups excluding carboxylic acids is 1. The third-order valence-corrected chi connectivity index (χ3v) is 3.59. The minimum Gasteiger partial charge on any atom is -0.480 e. The molecule has 126 valence electrons. The van der Waals surface area contributed by atoms with Crippen LogP contribution in [0.1, 0.15) is 16.7 Å². The van der Waals surface area contributed by atoms with Gasteiger partial charge in [0.05, 0.1) is 6.42 Å². The summed E-state index contributed by atoms with van der Waals surface area (Å²) in [7, 11) is 0. The third kappa shape index (κ3) is 4.62. The van der Waals surface area contributed by atoms with Crippen LogP contribution in [0, 0.1) is 18.6 Å². The van der Waals surface area contributed by atoms with Crippen LogP contribution < -0.4 is 5.32 Å². The molecule has 0 aliphatic carbocycles. The van der Waals surface area contributed by atoms with Crippen LogP contribution in [0.4, 0.5) is 8.78 Å². The molecule has 0 aliphatic heterocycles. The van der Waals surface area contributed by atoms with Gasteiger partial charge in [-0.25, -0.2) is 13.6 Å². The molecule has 4 nitrogen and oxygen atoms in total. The Morgan fingerprint density at radius 2 is 1.67 bits per heavy atom. The highest BCUT2D eigenvalue weighted by atomic mass is 19.1. The number of benzene rings is 2. The molecule has 0 saturated heterocycles. The highest BCUT2D eigenvalue weighted by molar-refractivity contribution is 5.85. The number of aryl methyl sites for hydroxylation is 1. The maximum Gasteiger partial charge on any atom is 0.326 e. The van der Waals surface area contributed by atoms with Crippen LogP contribution >= 0.6 is 0 Å². The Morgan fingerprint density at radius 1 is 1.08 bits per heavy atom. The maximum atomic E-state index is 13.6. The zero-order valence-electron chi connectivity index (χ0n) is 13.1. The largest absolute Gasteiger partial charge is 0.480 e. The Hall–Kier alpha value is -2.76. The van der Waals surface area contributed by atoms with Gasteiger partial charge >= 0.3 is 5.97 Å². The van der Waals surface area contributed by atoms with Gasteiger partial charge in [-0.05, 0) is 24.6 Å². The lowest BCUT2D eigenvalue weighted by atomic mass is 10.0. The molecule has 0 bridgehead atoms. The predicted molar refractivity (Wildman–Crippen MR) is 84.5 cm³/mol. The Kier molecular flexibility index (Phi) is 5.63. The molecule has 6 heteroatoms. The van der Waals surface area contributed by atoms with Gasteiger partial charge in [0.2, 0.25) is 5.91 Å². The summed E-state index contributed by atoms with van der Waals surface area (Å²) in [6.07, 6.45) is -0.475. The van der Waals surface area contributed by atoms with Gasteiger partial charge in [0, 0.05) is 12.0 Å². The number of halogens is 2. The Labute approximate surface area is 138 Å². The van der Waals surface area contributed by atoms with Crippen molar-refractivity contribution in [2.24, 2.45) is 0 Å². The first-order chi connectivity index (χ1) is 11.4. The molecule has 0 fully saturated rings. The lowest BCUT2D eigenvalue weighted by Gasteiger charge is -2.15. The van der Waals surface area contributed by atoms with E-state index in [1.807, 2.05) is 19.1 Å². The van der Waals surface area contributed by atoms with E-state index in [2.05, 4.69) is 5.32 Å². The minimum absolute atomic E-state index is 0.0844. The van der Waals surface area contributed by atoms with Crippen molar-refractivity contribution in [1.29, 1.82) is 0 Å². The van der Waals surface area contributed by atoms with Crippen molar-refractivity contribution in [2.75, 3.05) is 0 Å². The second-order valence-electron chi connectivity index (χ2n) is 5.53. The summed E-state index contributed by atoms with van der Waals surface area (Å²) in [4.78, 5) is 23.3. The molecule has 0 unspecified atom stereocenters. The molecule has 0 aliphatic rings. The standard InChI is InChI=1S/C18H17F2NO3/c1-11-5-7-12(8-6-11)9-16(18(23)24)21-17(22)10-13-14(19)3-2-4-15(13)20/h2-8,16H,9-10H2,1H3,(H,21,22)(H,23,24)/t16-/m0/s1. The minimum atomic E-state index is -1.21. The number of aliphatic carboxylic acids is 1. The fourth-order valence-electron chi connectivity index (χ4n) is 2.27. The monoisotopic (exact) mass is 333 g/mol. The van der Waals surface area contributed by atoms with Crippen LogP contribution in [-0.4, -0.2) is 23.0 Å². The van der Waals surface area contributed by atoms with Crippen molar-refractivity contribution < 1.29 is 23.5 Å². The van der Waals surface area contributed by atoms with Crippen LogP contribution in [0.15, 0.2) is 42.5 Å². The highest BCUT2D eigenvalue weighted by Gasteiger charge is 2.22. The first-order valence-corrected chi connectivity index (χ1v) is 7.37. The summed E-state index contributed by atoms with van der Waals surface area (Å²) in [5.74, 6) is -3.64. The molecule has 24 heavy (non-hydrogen) atoms. The predicted octanol–water partition coefficient (Wildman–Crippen LogP) is 2.63. The Bertz CT molecular complexity index is 724. The van der Waals surface area contributed by atoms with Gasteiger partial charge in [-0.15, -0.1) is 0 Å². The van der Waals surface area contributed by atoms with Crippen LogP contribution in [0.3, 0.4) is 0 Å². The summed E-state index contributed by atoms with van der Waals surface area (Å²) in [5.41, 5.74) is 1.39. The third-order valence-electron chi connectivity index (χ3n) is 3.59. The van der Waals surface area contributed by atoms with E-state index in [1.165, 1.54) is 6.07 Å². The van der Waals surface area contributed by atoms with E-state index in [0.717, 1.165) is 23.3 Å². The zero-order valence-corrected chi connectivity index (χ0v) is 13.1. The molecule has 2 rings (SSSR count). The van der Waals surface area contributed by atoms with Gasteiger partial charge in [-0.3, -0.25) is 4.79 Å². The molecule has 2 aromatic rings. The summed E-state index contributed by atoms with van der Waals surface area (Å²) in [6, 6.07) is 9.34. The van der Waals surface area contributed by atoms with Crippen LogP contribution in [0.2, 0.25) is 0 Å². The number of amides is 1. The molecule has 2 aromatic carbocycles. The topological polar surface area (TPSA) is 66.4 Å². The number of hydrogen-bond donors (Lipinski definition) is 2. The first kappa shape index (κ1) is 17.6. The number of carbonyl (C=O) groups is 2. The van der Waals surface area contributed by atoms with Gasteiger partial charge in [0.15, 0.2) is 0 Å². The first-order valence-electron chi connectivity index (χ1n) is 7.37. The van der Waals surface area contributed by atoms with E-state index < -0.39 is 36.0 Å². The molecule has 0 spiro atoms. The summed E-state index contributed by atoms with van der Waals surface area (Å²) in [6.45, 7) is 1.91. The maximum absolute atomic E-state index is 13.6. The van der Waals surface area contributed by atoms with E-state index in [0.29, 0.717) is 0 Å². The van der Waals surface area contributed by atoms with E-state index >= 15 is 0 Å². The van der Waals surface area contributed by atoms with Crippen molar-refractivity contribution in [2.45, 2.75) is 25.8 Å². The van der Waals surface area contributed by atoms with Crippen LogP contribution in [0.25, 0.3) is 0 Å². The number of rotatable bonds is 6. The van der Waals surface area contributed by atoms with Crippen LogP contribution in [0.5, 0.6) is 0 Å². The second-order valence-corrected chi connectivity index (χ2v) is 5.53. The van der Waals surface area contributed by atoms with Gasteiger partial charge < -0.3 is 10.4 Å². The Morgan fingerprint density at radius 3 is 2.21 bits per heavy atom. The number of carboxylic acid groups (broad SMARTS) is 1. The molecule has 0 heterocycles. The molecular formula is C18H17F2NO3. The van der Waals surface area contributed by atoms with E-state index in [4.69, 9.17) is 0 Å². The quantitative estimate of drug-likeness (QED) is 0.854. The molecule has 0 radical (unpaired) electrons. The van der Waals surface area contributed by atoms with Crippen molar-refractivity contribution in [3.05, 3.63) is 70.8 Å². The molecular weight excluding hydrogens is 316 g/mol. The van der Waals surface area contributed by atoms with Crippen molar-refractivity contribution >= 4 is 11.9 Å². The lowest BCUT2D eigenvalue weighted by molar-refractivity contribution is -0.141. The summed E-state index contributed by atoms with van der Waals surface area (Å²) < 4.78 is 27.1. The highest BCUT2D eigenvalue weighted by Crippen LogP contribution is 2.13. The molecule has 0 saturated carbocycles. The lowest BCUT2D eigenvalue weighted by Crippen LogP contribution is -2.43. The zero-order chi connectivity index (χ0) is 17.7. The number of nitrogens with one attached hydrogen (secondary N) is 1. The second kappa shape index (κ2) is 7.68. The van der Waals surface area contributed by atoms with E-state index in [-0.39, 0.29) is 12.0 Å². The van der Waals surface area contributed by atoms with Crippen molar-refractivity contribution in [1.82, 2.24) is 5.32 Å². The summed E-state index contributed by atoms with van der Waals surface area (Å²) >= 11 is 0. The molecule has 0 aromatic heterocycles. The van der Waals surface area contributed by atoms with Crippen molar-refractivity contribution in [3.63, 3.8) is 0 Å². The molecule has 2 N–H and O–H groups in total.